The maximum Gasteiger partial charge on any atom is 0.229 e. The highest BCUT2D eigenvalue weighted by atomic mass is 35.5. The van der Waals surface area contributed by atoms with Crippen molar-refractivity contribution in [3.05, 3.63) is 243 Å². The Morgan fingerprint density at radius 2 is 0.705 bits per heavy atom. The molecule has 662 valence electrons. The summed E-state index contributed by atoms with van der Waals surface area (Å²) >= 11 is 25.6. The summed E-state index contributed by atoms with van der Waals surface area (Å²) in [6, 6.07) is 27.3. The molecular formula is C90H99Cl4N35. The van der Waals surface area contributed by atoms with E-state index >= 15 is 0 Å². The fourth-order valence-electron chi connectivity index (χ4n) is 15.6. The van der Waals surface area contributed by atoms with Crippen LogP contribution in [0, 0.1) is 62.3 Å². The number of halogens is 4. The van der Waals surface area contributed by atoms with Crippen LogP contribution in [0.2, 0.25) is 20.1 Å². The average Bonchev–Trinajstić information content (AvgIpc) is 1.66. The number of nitrogens with one attached hydrogen (secondary N) is 8. The molecule has 4 aliphatic rings. The topological polar surface area (TPSA) is 372 Å². The Labute approximate surface area is 765 Å². The number of fused-ring (bicyclic) bond motifs is 4. The van der Waals surface area contributed by atoms with Crippen LogP contribution in [0.4, 0.5) is 93.1 Å². The van der Waals surface area contributed by atoms with Gasteiger partial charge in [0, 0.05) is 185 Å². The summed E-state index contributed by atoms with van der Waals surface area (Å²) in [5.41, 5.74) is 16.3. The molecule has 4 aliphatic heterocycles. The van der Waals surface area contributed by atoms with E-state index < -0.39 is 0 Å². The molecule has 35 nitrogen and oxygen atoms in total. The fourth-order valence-corrected chi connectivity index (χ4v) is 16.2. The van der Waals surface area contributed by atoms with E-state index in [0.29, 0.717) is 73.2 Å². The molecular weight excluding hydrogens is 1710 g/mol. The molecule has 0 atom stereocenters. The Hall–Kier alpha value is -13.8. The van der Waals surface area contributed by atoms with Crippen LogP contribution in [0.5, 0.6) is 0 Å². The highest BCUT2D eigenvalue weighted by molar-refractivity contribution is 6.34. The van der Waals surface area contributed by atoms with E-state index in [9.17, 15) is 0 Å². The molecule has 4 fully saturated rings. The second-order valence-corrected chi connectivity index (χ2v) is 34.3. The number of nitrogens with zero attached hydrogens (tertiary/aromatic N) is 27. The number of aromatic nitrogens is 23. The van der Waals surface area contributed by atoms with Crippen molar-refractivity contribution in [3.8, 4) is 0 Å². The lowest BCUT2D eigenvalue weighted by Gasteiger charge is -2.33. The van der Waals surface area contributed by atoms with Crippen LogP contribution in [0.1, 0.15) is 102 Å². The highest BCUT2D eigenvalue weighted by Gasteiger charge is 2.28. The van der Waals surface area contributed by atoms with Gasteiger partial charge in [-0.1, -0.05) is 58.5 Å². The quantitative estimate of drug-likeness (QED) is 0.0351. The molecule has 0 amide bonds. The molecule has 129 heavy (non-hydrogen) atoms. The Morgan fingerprint density at radius 3 is 1.15 bits per heavy atom. The van der Waals surface area contributed by atoms with E-state index in [1.165, 1.54) is 11.1 Å². The van der Waals surface area contributed by atoms with Crippen LogP contribution in [-0.4, -0.2) is 190 Å². The Morgan fingerprint density at radius 1 is 0.318 bits per heavy atom. The van der Waals surface area contributed by atoms with E-state index in [1.807, 2.05) is 155 Å². The third-order valence-electron chi connectivity index (χ3n) is 23.0. The van der Waals surface area contributed by atoms with E-state index in [1.54, 1.807) is 47.9 Å². The van der Waals surface area contributed by atoms with E-state index in [4.69, 9.17) is 46.4 Å². The van der Waals surface area contributed by atoms with Gasteiger partial charge in [0.2, 0.25) is 23.8 Å². The molecule has 39 heteroatoms. The van der Waals surface area contributed by atoms with Crippen molar-refractivity contribution in [2.24, 2.45) is 0 Å². The third-order valence-corrected chi connectivity index (χ3v) is 24.1. The molecule has 16 aromatic rings. The molecule has 0 bridgehead atoms. The van der Waals surface area contributed by atoms with Gasteiger partial charge in [-0.15, -0.1) is 10.2 Å². The number of pyridine rings is 5. The molecule has 8 N–H and O–H groups in total. The second-order valence-electron chi connectivity index (χ2n) is 32.7. The highest BCUT2D eigenvalue weighted by Crippen LogP contribution is 2.34. The maximum absolute atomic E-state index is 6.41. The molecule has 16 aromatic heterocycles. The normalized spacial score (nSPS) is 14.6. The van der Waals surface area contributed by atoms with Gasteiger partial charge in [-0.05, 0) is 178 Å². The first-order valence-electron chi connectivity index (χ1n) is 42.9. The number of anilines is 16. The second kappa shape index (κ2) is 39.6. The predicted octanol–water partition coefficient (Wildman–Crippen LogP) is 16.9. The van der Waals surface area contributed by atoms with E-state index in [2.05, 4.69) is 206 Å². The van der Waals surface area contributed by atoms with Crippen LogP contribution < -0.4 is 62.1 Å². The minimum absolute atomic E-state index is 0.269. The zero-order valence-corrected chi connectivity index (χ0v) is 75.9. The van der Waals surface area contributed by atoms with Crippen LogP contribution in [0.25, 0.3) is 22.6 Å². The van der Waals surface area contributed by atoms with Crippen molar-refractivity contribution in [3.63, 3.8) is 0 Å². The number of piperidine rings is 4. The number of hydrogen-bond donors (Lipinski definition) is 8. The van der Waals surface area contributed by atoms with Crippen molar-refractivity contribution < 1.29 is 0 Å². The van der Waals surface area contributed by atoms with Gasteiger partial charge in [-0.3, -0.25) is 0 Å². The molecule has 0 radical (unpaired) electrons. The molecule has 0 aromatic carbocycles. The molecule has 0 unspecified atom stereocenters. The molecule has 4 saturated heterocycles. The third kappa shape index (κ3) is 21.7. The lowest BCUT2D eigenvalue weighted by molar-refractivity contribution is 0.521. The average molecular weight is 1810 g/mol. The minimum atomic E-state index is 0.269. The van der Waals surface area contributed by atoms with Gasteiger partial charge in [0.25, 0.3) is 0 Å². The zero-order chi connectivity index (χ0) is 89.2. The lowest BCUT2D eigenvalue weighted by atomic mass is 10.0. The van der Waals surface area contributed by atoms with Gasteiger partial charge in [0.05, 0.1) is 60.0 Å². The summed E-state index contributed by atoms with van der Waals surface area (Å²) in [5.74, 6) is 8.37. The first-order chi connectivity index (χ1) is 62.6. The monoisotopic (exact) mass is 1810 g/mol. The summed E-state index contributed by atoms with van der Waals surface area (Å²) in [7, 11) is 0. The first-order valence-corrected chi connectivity index (χ1v) is 44.4. The first kappa shape index (κ1) is 87.3. The van der Waals surface area contributed by atoms with Crippen LogP contribution in [0.3, 0.4) is 0 Å². The zero-order valence-electron chi connectivity index (χ0n) is 72.9. The SMILES string of the molecule is Cc1ccc(N2CCC(Nc3nc(Nc4cc5ncc(C)n5cc4C)ncc3Cl)CC2)nn1.Cc1ccc(N2CCC(Nc3nc(Nc4cc5nccn5cc4C)ncc3Cl)CC2)nn1.Cc1ccc(N2CCC(Nc3nc(Nc4ccn5c(C)cnc5c4)ncc3Cl)CC2)nc1.Cc1ccc(N2CCC(Nc3nc(Nc4cnn5c(C)cnc5c4)ncc3Cl)CC2)nc1. The number of aryl methyl sites for hydroxylation is 9. The van der Waals surface area contributed by atoms with Crippen LogP contribution in [0.15, 0.2) is 172 Å². The van der Waals surface area contributed by atoms with Gasteiger partial charge in [0.1, 0.15) is 48.7 Å². The predicted molar refractivity (Wildman–Crippen MR) is 510 cm³/mol. The summed E-state index contributed by atoms with van der Waals surface area (Å²) in [6.07, 6.45) is 35.0. The molecule has 20 heterocycles. The molecule has 0 spiro atoms. The minimum Gasteiger partial charge on any atom is -0.366 e. The summed E-state index contributed by atoms with van der Waals surface area (Å²) in [5, 5.41) is 50.4. The van der Waals surface area contributed by atoms with Gasteiger partial charge in [-0.2, -0.15) is 35.2 Å². The number of hydrogen-bond acceptors (Lipinski definition) is 31. The molecule has 0 aliphatic carbocycles. The largest absolute Gasteiger partial charge is 0.366 e. The smallest absolute Gasteiger partial charge is 0.229 e. The number of imidazole rings is 4. The Bertz CT molecular complexity index is 6340. The summed E-state index contributed by atoms with van der Waals surface area (Å²) in [6.45, 7) is 25.4. The standard InChI is InChI=1S/C23H26ClN9.C23H25ClN8.2C22H24ClN9/c1-14-13-33-16(3)11-25-21(33)10-19(14)28-23-26-12-18(24)22(29-23)27-17-6-8-32(9-7-17)20-5-4-15(2)30-31-20;1-15-3-4-20(25-12-15)31-8-5-17(6-9-31)28-22-19(24)14-27-23(30-22)29-18-7-10-32-16(2)13-26-21(32)11-18;1-14-13-32-10-7-24-20(32)11-18(14)27-22-25-12-17(23)21(28-22)26-16-5-8-31(9-6-16)19-4-3-15(2)29-30-19;1-14-3-4-19(24-10-14)31-7-5-16(6-8-31)28-21-18(23)13-26-22(30-21)29-17-9-20-25-11-15(2)32(20)27-12-17/h4-5,10-13,17H,6-9H2,1-3H3,(H2,26,27,28,29);3-4,7,10-14,17H,5-6,8-9H2,1-2H3,(H2,27,28,29,30);3-4,7,10-13,16H,5-6,8-9H2,1-2H3,(H2,25,26,27,28);3-4,9-13,16H,5-8H2,1-2H3,(H2,26,28,29,30). The van der Waals surface area contributed by atoms with Crippen molar-refractivity contribution in [2.45, 2.75) is 138 Å². The fraction of sp³-hybridized carbons (Fsp3) is 0.322. The van der Waals surface area contributed by atoms with Crippen molar-refractivity contribution in [2.75, 3.05) is 114 Å². The van der Waals surface area contributed by atoms with Gasteiger partial charge < -0.3 is 75.3 Å². The van der Waals surface area contributed by atoms with Gasteiger partial charge >= 0.3 is 0 Å². The maximum atomic E-state index is 6.41. The Balaban J connectivity index is 0.000000121. The van der Waals surface area contributed by atoms with Crippen LogP contribution >= 0.6 is 46.4 Å². The van der Waals surface area contributed by atoms with Crippen molar-refractivity contribution in [1.29, 1.82) is 0 Å². The van der Waals surface area contributed by atoms with Gasteiger partial charge in [0.15, 0.2) is 40.6 Å². The molecule has 0 saturated carbocycles. The van der Waals surface area contributed by atoms with Crippen LogP contribution in [-0.2, 0) is 0 Å². The lowest BCUT2D eigenvalue weighted by Crippen LogP contribution is -2.39. The number of rotatable bonds is 20. The van der Waals surface area contributed by atoms with Gasteiger partial charge in [-0.25, -0.2) is 54.4 Å². The van der Waals surface area contributed by atoms with E-state index in [0.717, 1.165) is 212 Å². The van der Waals surface area contributed by atoms with E-state index in [-0.39, 0.29) is 18.1 Å². The van der Waals surface area contributed by atoms with Crippen molar-refractivity contribution in [1.82, 2.24) is 113 Å². The van der Waals surface area contributed by atoms with Crippen molar-refractivity contribution >= 4 is 162 Å². The Kier molecular flexibility index (Phi) is 26.8. The molecule has 20 rings (SSSR count). The summed E-state index contributed by atoms with van der Waals surface area (Å²) < 4.78 is 7.84. The summed E-state index contributed by atoms with van der Waals surface area (Å²) in [4.78, 5) is 71.6.